The standard InChI is InChI=1S/C32H41ClFN6O4P/c1-10-40-28-20-14-26(30(35-16-20)36-18-41-45(43-31(3,4)5)44-32(6,7)8)42-19(2)24-15-22(34)11-12-23(24)27-21(17-39(9)37-27)13-25(28)29(33)38-40/h11-12,14-17,19H,10,13,18H2,1-9H3,(H,35,36)/t19-/m1/s1. The first-order chi connectivity index (χ1) is 21.1. The van der Waals surface area contributed by atoms with Gasteiger partial charge in [-0.05, 0) is 79.7 Å². The molecule has 1 N–H and O–H groups in total. The number of halogens is 2. The number of hydrogen-bond acceptors (Lipinski definition) is 8. The number of aryl methyl sites for hydroxylation is 2. The minimum absolute atomic E-state index is 0.0431. The van der Waals surface area contributed by atoms with E-state index in [9.17, 15) is 4.39 Å². The van der Waals surface area contributed by atoms with E-state index < -0.39 is 25.9 Å². The Bertz CT molecular complexity index is 1660. The number of nitrogens with one attached hydrogen (secondary N) is 1. The van der Waals surface area contributed by atoms with E-state index in [2.05, 4.69) is 10.4 Å². The first-order valence-electron chi connectivity index (χ1n) is 14.9. The van der Waals surface area contributed by atoms with Crippen LogP contribution < -0.4 is 10.1 Å². The summed E-state index contributed by atoms with van der Waals surface area (Å²) in [5.74, 6) is 0.521. The smallest absolute Gasteiger partial charge is 0.335 e. The fourth-order valence-corrected chi connectivity index (χ4v) is 6.53. The Labute approximate surface area is 270 Å². The lowest BCUT2D eigenvalue weighted by Gasteiger charge is -2.30. The number of benzene rings is 1. The maximum absolute atomic E-state index is 14.7. The molecule has 1 aromatic carbocycles. The summed E-state index contributed by atoms with van der Waals surface area (Å²) in [5, 5.41) is 13.0. The summed E-state index contributed by atoms with van der Waals surface area (Å²) in [5.41, 5.74) is 4.61. The van der Waals surface area contributed by atoms with Gasteiger partial charge >= 0.3 is 8.60 Å². The number of hydrogen-bond donors (Lipinski definition) is 1. The quantitative estimate of drug-likeness (QED) is 0.156. The van der Waals surface area contributed by atoms with Gasteiger partial charge in [-0.25, -0.2) is 9.37 Å². The zero-order valence-corrected chi connectivity index (χ0v) is 28.9. The first-order valence-corrected chi connectivity index (χ1v) is 16.4. The van der Waals surface area contributed by atoms with E-state index in [4.69, 9.17) is 40.0 Å². The van der Waals surface area contributed by atoms with Crippen molar-refractivity contribution in [1.29, 1.82) is 0 Å². The minimum atomic E-state index is -1.68. The number of anilines is 1. The molecular weight excluding hydrogens is 618 g/mol. The molecule has 0 amide bonds. The minimum Gasteiger partial charge on any atom is -0.482 e. The van der Waals surface area contributed by atoms with E-state index in [1.807, 2.05) is 79.4 Å². The van der Waals surface area contributed by atoms with E-state index in [-0.39, 0.29) is 12.5 Å². The average Bonchev–Trinajstić information content (AvgIpc) is 3.45. The van der Waals surface area contributed by atoms with Gasteiger partial charge in [-0.2, -0.15) is 10.2 Å². The van der Waals surface area contributed by atoms with Crippen LogP contribution in [0.2, 0.25) is 5.15 Å². The Hall–Kier alpha value is -3.08. The molecule has 0 spiro atoms. The van der Waals surface area contributed by atoms with Crippen LogP contribution in [0.1, 0.15) is 78.2 Å². The number of fused-ring (bicyclic) bond motifs is 7. The number of pyridine rings is 1. The molecule has 1 aliphatic heterocycles. The molecule has 5 rings (SSSR count). The van der Waals surface area contributed by atoms with Gasteiger partial charge in [0.05, 0.1) is 22.6 Å². The highest BCUT2D eigenvalue weighted by Gasteiger charge is 2.29. The third-order valence-electron chi connectivity index (χ3n) is 6.82. The van der Waals surface area contributed by atoms with Gasteiger partial charge in [-0.3, -0.25) is 13.9 Å². The van der Waals surface area contributed by atoms with Crippen molar-refractivity contribution in [3.05, 3.63) is 64.3 Å². The van der Waals surface area contributed by atoms with E-state index in [0.29, 0.717) is 35.2 Å². The van der Waals surface area contributed by atoms with Gasteiger partial charge in [0.15, 0.2) is 16.7 Å². The highest BCUT2D eigenvalue weighted by Crippen LogP contribution is 2.47. The lowest BCUT2D eigenvalue weighted by Crippen LogP contribution is -2.23. The molecule has 0 saturated heterocycles. The van der Waals surface area contributed by atoms with Crippen molar-refractivity contribution in [2.24, 2.45) is 7.05 Å². The largest absolute Gasteiger partial charge is 0.482 e. The van der Waals surface area contributed by atoms with E-state index in [1.165, 1.54) is 12.1 Å². The molecule has 3 aromatic heterocycles. The lowest BCUT2D eigenvalue weighted by molar-refractivity contribution is 0.0350. The van der Waals surface area contributed by atoms with Crippen molar-refractivity contribution in [1.82, 2.24) is 24.5 Å². The number of nitrogens with zero attached hydrogens (tertiary/aromatic N) is 5. The van der Waals surface area contributed by atoms with Crippen LogP contribution in [0.25, 0.3) is 22.5 Å². The monoisotopic (exact) mass is 658 g/mol. The zero-order chi connectivity index (χ0) is 32.7. The molecular formula is C32H41ClFN6O4P. The fourth-order valence-electron chi connectivity index (χ4n) is 5.07. The van der Waals surface area contributed by atoms with E-state index in [0.717, 1.165) is 33.6 Å². The van der Waals surface area contributed by atoms with Crippen LogP contribution in [0.15, 0.2) is 36.7 Å². The van der Waals surface area contributed by atoms with Gasteiger partial charge in [0.2, 0.25) is 0 Å². The van der Waals surface area contributed by atoms with Crippen LogP contribution in [-0.4, -0.2) is 42.5 Å². The van der Waals surface area contributed by atoms with Gasteiger partial charge in [0.25, 0.3) is 0 Å². The Morgan fingerprint density at radius 2 is 1.82 bits per heavy atom. The predicted octanol–water partition coefficient (Wildman–Crippen LogP) is 8.45. The Balaban J connectivity index is 1.57. The Morgan fingerprint density at radius 3 is 2.49 bits per heavy atom. The van der Waals surface area contributed by atoms with Crippen LogP contribution in [0.4, 0.5) is 10.2 Å². The third kappa shape index (κ3) is 7.84. The van der Waals surface area contributed by atoms with Crippen molar-refractivity contribution in [2.45, 2.75) is 85.7 Å². The molecule has 45 heavy (non-hydrogen) atoms. The highest BCUT2D eigenvalue weighted by molar-refractivity contribution is 7.41. The van der Waals surface area contributed by atoms with E-state index in [1.54, 1.807) is 16.9 Å². The molecule has 0 unspecified atom stereocenters. The van der Waals surface area contributed by atoms with Gasteiger partial charge in [0, 0.05) is 60.2 Å². The number of ether oxygens (including phenoxy) is 1. The van der Waals surface area contributed by atoms with E-state index >= 15 is 0 Å². The number of rotatable bonds is 7. The molecule has 0 aliphatic carbocycles. The average molecular weight is 659 g/mol. The molecule has 4 heterocycles. The topological polar surface area (TPSA) is 97.5 Å². The second kappa shape index (κ2) is 13.0. The molecule has 1 atom stereocenters. The van der Waals surface area contributed by atoms with Gasteiger partial charge < -0.3 is 19.1 Å². The van der Waals surface area contributed by atoms with Crippen LogP contribution >= 0.6 is 20.2 Å². The van der Waals surface area contributed by atoms with Crippen LogP contribution in [-0.2, 0) is 33.6 Å². The molecule has 2 bridgehead atoms. The third-order valence-corrected chi connectivity index (χ3v) is 8.85. The van der Waals surface area contributed by atoms with Crippen LogP contribution in [0.3, 0.4) is 0 Å². The van der Waals surface area contributed by atoms with Gasteiger partial charge in [-0.1, -0.05) is 11.6 Å². The maximum atomic E-state index is 14.7. The van der Waals surface area contributed by atoms with Crippen molar-refractivity contribution >= 4 is 26.0 Å². The normalized spacial score (nSPS) is 15.1. The van der Waals surface area contributed by atoms with Crippen LogP contribution in [0, 0.1) is 5.82 Å². The van der Waals surface area contributed by atoms with Crippen molar-refractivity contribution in [2.75, 3.05) is 12.0 Å². The zero-order valence-electron chi connectivity index (χ0n) is 27.2. The SMILES string of the molecule is CCn1nc(Cl)c2c1-c1cnc(NCOP(OC(C)(C)C)OC(C)(C)C)c(c1)O[C@H](C)c1cc(F)ccc1-c1nn(C)cc1C2. The summed E-state index contributed by atoms with van der Waals surface area (Å²) in [4.78, 5) is 4.75. The fraction of sp³-hybridized carbons (Fsp3) is 0.469. The predicted molar refractivity (Wildman–Crippen MR) is 175 cm³/mol. The summed E-state index contributed by atoms with van der Waals surface area (Å²) in [7, 11) is 0.186. The maximum Gasteiger partial charge on any atom is 0.335 e. The molecule has 13 heteroatoms. The lowest BCUT2D eigenvalue weighted by atomic mass is 9.94. The number of aromatic nitrogens is 5. The molecule has 4 aromatic rings. The molecule has 0 fully saturated rings. The van der Waals surface area contributed by atoms with Crippen molar-refractivity contribution in [3.63, 3.8) is 0 Å². The molecule has 242 valence electrons. The van der Waals surface area contributed by atoms with Crippen molar-refractivity contribution < 1.29 is 22.7 Å². The summed E-state index contributed by atoms with van der Waals surface area (Å²) in [6, 6.07) is 6.58. The summed E-state index contributed by atoms with van der Waals surface area (Å²) < 4.78 is 43.1. The van der Waals surface area contributed by atoms with Gasteiger partial charge in [0.1, 0.15) is 18.7 Å². The summed E-state index contributed by atoms with van der Waals surface area (Å²) in [6.45, 7) is 16.2. The van der Waals surface area contributed by atoms with Crippen molar-refractivity contribution in [3.8, 4) is 28.3 Å². The summed E-state index contributed by atoms with van der Waals surface area (Å²) in [6.07, 6.45) is 3.62. The first kappa shape index (κ1) is 33.3. The molecule has 0 radical (unpaired) electrons. The second-order valence-electron chi connectivity index (χ2n) is 12.9. The van der Waals surface area contributed by atoms with Gasteiger partial charge in [-0.15, -0.1) is 0 Å². The van der Waals surface area contributed by atoms with Crippen LogP contribution in [0.5, 0.6) is 5.75 Å². The summed E-state index contributed by atoms with van der Waals surface area (Å²) >= 11 is 6.77. The Kier molecular flexibility index (Phi) is 9.59. The highest BCUT2D eigenvalue weighted by atomic mass is 35.5. The molecule has 0 saturated carbocycles. The molecule has 1 aliphatic rings. The Morgan fingerprint density at radius 1 is 1.11 bits per heavy atom. The molecule has 10 nitrogen and oxygen atoms in total. The second-order valence-corrected chi connectivity index (χ2v) is 14.4.